The molecule has 0 aliphatic rings. The number of carbonyl (C=O) groups excluding carboxylic acids is 1. The molecule has 84 valence electrons. The van der Waals surface area contributed by atoms with E-state index in [4.69, 9.17) is 9.47 Å². The first kappa shape index (κ1) is 13.4. The smallest absolute Gasteiger partial charge is 0.305 e. The monoisotopic (exact) mass is 204 g/mol. The van der Waals surface area contributed by atoms with E-state index in [9.17, 15) is 9.90 Å². The second kappa shape index (κ2) is 7.76. The number of hydrogen-bond donors (Lipinski definition) is 1. The molecule has 2 atom stereocenters. The molecule has 14 heavy (non-hydrogen) atoms. The molecule has 0 fully saturated rings. The van der Waals surface area contributed by atoms with E-state index in [1.165, 1.54) is 0 Å². The van der Waals surface area contributed by atoms with Crippen molar-refractivity contribution in [1.29, 1.82) is 0 Å². The second-order valence-corrected chi connectivity index (χ2v) is 3.08. The first-order valence-corrected chi connectivity index (χ1v) is 5.07. The van der Waals surface area contributed by atoms with Gasteiger partial charge >= 0.3 is 5.97 Å². The maximum absolute atomic E-state index is 11.0. The highest BCUT2D eigenvalue weighted by molar-refractivity contribution is 5.69. The lowest BCUT2D eigenvalue weighted by Gasteiger charge is -2.19. The van der Waals surface area contributed by atoms with Crippen molar-refractivity contribution < 1.29 is 19.4 Å². The van der Waals surface area contributed by atoms with E-state index in [1.54, 1.807) is 13.8 Å². The van der Waals surface area contributed by atoms with E-state index in [0.717, 1.165) is 0 Å². The molecule has 0 saturated carbocycles. The van der Waals surface area contributed by atoms with Gasteiger partial charge in [-0.3, -0.25) is 4.79 Å². The molecule has 0 amide bonds. The molecule has 4 heteroatoms. The number of esters is 1. The Labute approximate surface area is 85.2 Å². The molecular weight excluding hydrogens is 184 g/mol. The molecule has 0 bridgehead atoms. The molecule has 0 saturated heterocycles. The minimum atomic E-state index is -0.552. The normalized spacial score (nSPS) is 14.9. The van der Waals surface area contributed by atoms with Crippen molar-refractivity contribution in [1.82, 2.24) is 0 Å². The molecule has 0 aliphatic heterocycles. The topological polar surface area (TPSA) is 55.8 Å². The van der Waals surface area contributed by atoms with Gasteiger partial charge in [-0.25, -0.2) is 0 Å². The Hall–Kier alpha value is -0.610. The second-order valence-electron chi connectivity index (χ2n) is 3.08. The fourth-order valence-corrected chi connectivity index (χ4v) is 1.17. The van der Waals surface area contributed by atoms with Crippen LogP contribution in [0.1, 0.15) is 33.6 Å². The van der Waals surface area contributed by atoms with Crippen molar-refractivity contribution in [2.45, 2.75) is 45.8 Å². The lowest BCUT2D eigenvalue weighted by Crippen LogP contribution is -2.27. The molecule has 0 heterocycles. The first-order valence-electron chi connectivity index (χ1n) is 5.07. The van der Waals surface area contributed by atoms with Crippen LogP contribution in [-0.2, 0) is 14.3 Å². The molecule has 4 nitrogen and oxygen atoms in total. The number of hydrogen-bond acceptors (Lipinski definition) is 4. The van der Waals surface area contributed by atoms with Crippen LogP contribution in [0.25, 0.3) is 0 Å². The third kappa shape index (κ3) is 5.94. The lowest BCUT2D eigenvalue weighted by atomic mass is 10.1. The highest BCUT2D eigenvalue weighted by Gasteiger charge is 2.16. The van der Waals surface area contributed by atoms with Crippen molar-refractivity contribution in [2.24, 2.45) is 0 Å². The highest BCUT2D eigenvalue weighted by atomic mass is 16.5. The fourth-order valence-electron chi connectivity index (χ4n) is 1.17. The number of aliphatic hydroxyl groups is 1. The quantitative estimate of drug-likeness (QED) is 0.631. The predicted octanol–water partition coefficient (Wildman–Crippen LogP) is 1.12. The van der Waals surface area contributed by atoms with Crippen molar-refractivity contribution in [3.8, 4) is 0 Å². The van der Waals surface area contributed by atoms with Crippen molar-refractivity contribution >= 4 is 5.97 Å². The van der Waals surface area contributed by atoms with Crippen LogP contribution in [0.4, 0.5) is 0 Å². The maximum atomic E-state index is 11.0. The molecule has 0 radical (unpaired) electrons. The zero-order valence-corrected chi connectivity index (χ0v) is 9.16. The minimum absolute atomic E-state index is 0.238. The van der Waals surface area contributed by atoms with E-state index in [-0.39, 0.29) is 12.1 Å². The molecule has 0 rings (SSSR count). The number of aliphatic hydroxyl groups excluding tert-OH is 1. The summed E-state index contributed by atoms with van der Waals surface area (Å²) in [5.74, 6) is -0.238. The summed E-state index contributed by atoms with van der Waals surface area (Å²) in [6, 6.07) is 0. The van der Waals surface area contributed by atoms with Gasteiger partial charge in [0.05, 0.1) is 18.8 Å². The van der Waals surface area contributed by atoms with E-state index < -0.39 is 6.10 Å². The largest absolute Gasteiger partial charge is 0.466 e. The van der Waals surface area contributed by atoms with Crippen molar-refractivity contribution in [3.63, 3.8) is 0 Å². The Morgan fingerprint density at radius 1 is 1.36 bits per heavy atom. The van der Waals surface area contributed by atoms with Gasteiger partial charge in [-0.1, -0.05) is 0 Å². The fraction of sp³-hybridized carbons (Fsp3) is 0.900. The SMILES string of the molecule is CCOC(=O)CCC(OCC)C(C)O. The summed E-state index contributed by atoms with van der Waals surface area (Å²) in [6.07, 6.45) is -0.0258. The summed E-state index contributed by atoms with van der Waals surface area (Å²) in [5.41, 5.74) is 0. The van der Waals surface area contributed by atoms with Crippen LogP contribution in [0.5, 0.6) is 0 Å². The van der Waals surface area contributed by atoms with Crippen LogP contribution in [0.3, 0.4) is 0 Å². The average Bonchev–Trinajstić information content (AvgIpc) is 2.12. The Balaban J connectivity index is 3.75. The standard InChI is InChI=1S/C10H20O4/c1-4-13-9(8(3)11)6-7-10(12)14-5-2/h8-9,11H,4-7H2,1-3H3. The van der Waals surface area contributed by atoms with Gasteiger partial charge in [-0.15, -0.1) is 0 Å². The molecule has 1 N–H and O–H groups in total. The maximum Gasteiger partial charge on any atom is 0.305 e. The van der Waals surface area contributed by atoms with Crippen LogP contribution < -0.4 is 0 Å². The summed E-state index contributed by atoms with van der Waals surface area (Å²) in [4.78, 5) is 11.0. The Morgan fingerprint density at radius 3 is 2.43 bits per heavy atom. The van der Waals surface area contributed by atoms with Crippen LogP contribution >= 0.6 is 0 Å². The molecule has 0 aromatic carbocycles. The molecule has 0 spiro atoms. The summed E-state index contributed by atoms with van der Waals surface area (Å²) in [5, 5.41) is 9.31. The summed E-state index contributed by atoms with van der Waals surface area (Å²) in [6.45, 7) is 6.23. The van der Waals surface area contributed by atoms with Gasteiger partial charge in [0.2, 0.25) is 0 Å². The zero-order valence-electron chi connectivity index (χ0n) is 9.16. The van der Waals surface area contributed by atoms with E-state index >= 15 is 0 Å². The van der Waals surface area contributed by atoms with E-state index in [0.29, 0.717) is 26.1 Å². The molecule has 0 aliphatic carbocycles. The van der Waals surface area contributed by atoms with Gasteiger partial charge in [-0.05, 0) is 27.2 Å². The Morgan fingerprint density at radius 2 is 2.00 bits per heavy atom. The van der Waals surface area contributed by atoms with Gasteiger partial charge in [0.1, 0.15) is 0 Å². The van der Waals surface area contributed by atoms with Gasteiger partial charge < -0.3 is 14.6 Å². The molecule has 0 aromatic rings. The van der Waals surface area contributed by atoms with Gasteiger partial charge in [0, 0.05) is 13.0 Å². The lowest BCUT2D eigenvalue weighted by molar-refractivity contribution is -0.144. The zero-order chi connectivity index (χ0) is 11.0. The third-order valence-corrected chi connectivity index (χ3v) is 1.86. The van der Waals surface area contributed by atoms with Crippen LogP contribution in [0.2, 0.25) is 0 Å². The highest BCUT2D eigenvalue weighted by Crippen LogP contribution is 2.08. The third-order valence-electron chi connectivity index (χ3n) is 1.86. The number of carbonyl (C=O) groups is 1. The van der Waals surface area contributed by atoms with Gasteiger partial charge in [0.25, 0.3) is 0 Å². The first-order chi connectivity index (χ1) is 6.61. The molecule has 0 aromatic heterocycles. The Bertz CT molecular complexity index is 156. The van der Waals surface area contributed by atoms with Crippen molar-refractivity contribution in [2.75, 3.05) is 13.2 Å². The predicted molar refractivity (Wildman–Crippen MR) is 53.0 cm³/mol. The van der Waals surface area contributed by atoms with Crippen LogP contribution in [0.15, 0.2) is 0 Å². The average molecular weight is 204 g/mol. The number of ether oxygens (including phenoxy) is 2. The minimum Gasteiger partial charge on any atom is -0.466 e. The summed E-state index contributed by atoms with van der Waals surface area (Å²) in [7, 11) is 0. The van der Waals surface area contributed by atoms with Gasteiger partial charge in [-0.2, -0.15) is 0 Å². The van der Waals surface area contributed by atoms with Crippen LogP contribution in [0, 0.1) is 0 Å². The summed E-state index contributed by atoms with van der Waals surface area (Å²) >= 11 is 0. The Kier molecular flexibility index (Phi) is 7.42. The van der Waals surface area contributed by atoms with E-state index in [1.807, 2.05) is 6.92 Å². The molecular formula is C10H20O4. The molecule has 2 unspecified atom stereocenters. The number of rotatable bonds is 7. The van der Waals surface area contributed by atoms with E-state index in [2.05, 4.69) is 0 Å². The summed E-state index contributed by atoms with van der Waals surface area (Å²) < 4.78 is 10.0. The van der Waals surface area contributed by atoms with Crippen LogP contribution in [-0.4, -0.2) is 36.5 Å². The van der Waals surface area contributed by atoms with Crippen molar-refractivity contribution in [3.05, 3.63) is 0 Å². The van der Waals surface area contributed by atoms with Gasteiger partial charge in [0.15, 0.2) is 0 Å².